The Labute approximate surface area is 240 Å². The average molecular weight is 639 g/mol. The number of nitrogens with one attached hydrogen (secondary N) is 2. The minimum Gasteiger partial charge on any atom is -0.324 e. The smallest absolute Gasteiger partial charge is 0.321 e. The molecule has 3 aromatic rings. The number of hydrogen-bond acceptors (Lipinski definition) is 4. The zero-order valence-electron chi connectivity index (χ0n) is 20.7. The molecule has 0 radical (unpaired) electrons. The Morgan fingerprint density at radius 3 is 2.11 bits per heavy atom. The normalized spacial score (nSPS) is 14.3. The van der Waals surface area contributed by atoms with Crippen molar-refractivity contribution >= 4 is 72.3 Å². The summed E-state index contributed by atoms with van der Waals surface area (Å²) in [5.74, 6) is -0.102. The van der Waals surface area contributed by atoms with E-state index in [4.69, 9.17) is 23.2 Å². The van der Waals surface area contributed by atoms with Gasteiger partial charge in [0.05, 0.1) is 20.6 Å². The van der Waals surface area contributed by atoms with Gasteiger partial charge in [-0.2, -0.15) is 0 Å². The van der Waals surface area contributed by atoms with E-state index in [0.29, 0.717) is 24.7 Å². The van der Waals surface area contributed by atoms with Crippen LogP contribution in [0.3, 0.4) is 0 Å². The fourth-order valence-electron chi connectivity index (χ4n) is 4.34. The number of nitrogens with zero attached hydrogens (tertiary/aromatic N) is 1. The molecule has 7 nitrogen and oxygen atoms in total. The molecule has 0 unspecified atom stereocenters. The molecule has 38 heavy (non-hydrogen) atoms. The van der Waals surface area contributed by atoms with Gasteiger partial charge in [0.15, 0.2) is 9.84 Å². The molecule has 1 saturated heterocycles. The lowest BCUT2D eigenvalue weighted by Gasteiger charge is -2.32. The molecule has 0 atom stereocenters. The van der Waals surface area contributed by atoms with Crippen molar-refractivity contribution in [3.05, 3.63) is 85.8 Å². The topological polar surface area (TPSA) is 95.6 Å². The third-order valence-electron chi connectivity index (χ3n) is 6.51. The van der Waals surface area contributed by atoms with Crippen molar-refractivity contribution in [1.29, 1.82) is 0 Å². The van der Waals surface area contributed by atoms with Crippen LogP contribution in [0.25, 0.3) is 0 Å². The van der Waals surface area contributed by atoms with Gasteiger partial charge in [-0.25, -0.2) is 13.2 Å². The summed E-state index contributed by atoms with van der Waals surface area (Å²) in [7, 11) is -3.37. The first-order chi connectivity index (χ1) is 17.9. The predicted molar refractivity (Wildman–Crippen MR) is 155 cm³/mol. The number of benzene rings is 3. The van der Waals surface area contributed by atoms with Crippen LogP contribution < -0.4 is 10.6 Å². The Bertz CT molecular complexity index is 1470. The molecule has 200 valence electrons. The summed E-state index contributed by atoms with van der Waals surface area (Å²) in [6, 6.07) is 14.7. The van der Waals surface area contributed by atoms with E-state index in [0.717, 1.165) is 23.6 Å². The molecule has 1 aliphatic rings. The zero-order chi connectivity index (χ0) is 27.6. The number of likely N-dealkylation sites (tertiary alicyclic amines) is 1. The summed E-state index contributed by atoms with van der Waals surface area (Å²) in [6.07, 6.45) is 2.83. The van der Waals surface area contributed by atoms with E-state index in [1.807, 2.05) is 0 Å². The summed E-state index contributed by atoms with van der Waals surface area (Å²) < 4.78 is 24.3. The zero-order valence-corrected chi connectivity index (χ0v) is 24.6. The minimum atomic E-state index is -3.37. The number of aryl methyl sites for hydroxylation is 1. The van der Waals surface area contributed by atoms with E-state index in [1.165, 1.54) is 47.5 Å². The SMILES string of the molecule is Cc1cc(C2CCN(C(=O)Nc3cc(Cl)c(NC(=O)c4ccc(S(C)(=O)=O)cc4)c(Cl)c3)CC2)ccc1Br. The maximum atomic E-state index is 12.9. The van der Waals surface area contributed by atoms with Crippen LogP contribution in [-0.2, 0) is 9.84 Å². The van der Waals surface area contributed by atoms with Crippen LogP contribution in [0.1, 0.15) is 40.2 Å². The summed E-state index contributed by atoms with van der Waals surface area (Å²) in [5.41, 5.74) is 3.32. The first-order valence-corrected chi connectivity index (χ1v) is 15.3. The summed E-state index contributed by atoms with van der Waals surface area (Å²) in [5, 5.41) is 5.79. The van der Waals surface area contributed by atoms with E-state index < -0.39 is 15.7 Å². The second kappa shape index (κ2) is 11.7. The first kappa shape index (κ1) is 28.4. The van der Waals surface area contributed by atoms with Gasteiger partial charge in [0.1, 0.15) is 0 Å². The van der Waals surface area contributed by atoms with Crippen molar-refractivity contribution in [1.82, 2.24) is 4.90 Å². The highest BCUT2D eigenvalue weighted by Crippen LogP contribution is 2.35. The second-order valence-electron chi connectivity index (χ2n) is 9.27. The molecule has 1 heterocycles. The number of carbonyl (C=O) groups excluding carboxylic acids is 2. The van der Waals surface area contributed by atoms with Gasteiger partial charge < -0.3 is 15.5 Å². The monoisotopic (exact) mass is 637 g/mol. The maximum Gasteiger partial charge on any atom is 0.321 e. The summed E-state index contributed by atoms with van der Waals surface area (Å²) >= 11 is 16.3. The van der Waals surface area contributed by atoms with Crippen molar-refractivity contribution in [2.45, 2.75) is 30.6 Å². The van der Waals surface area contributed by atoms with Crippen molar-refractivity contribution in [3.8, 4) is 0 Å². The third kappa shape index (κ3) is 6.69. The number of halogens is 3. The molecule has 0 aromatic heterocycles. The number of urea groups is 1. The molecule has 0 aliphatic carbocycles. The number of sulfone groups is 1. The molecule has 1 aliphatic heterocycles. The largest absolute Gasteiger partial charge is 0.324 e. The van der Waals surface area contributed by atoms with E-state index in [-0.39, 0.29) is 32.2 Å². The molecular weight excluding hydrogens is 613 g/mol. The number of piperidine rings is 1. The Morgan fingerprint density at radius 1 is 0.947 bits per heavy atom. The van der Waals surface area contributed by atoms with Crippen LogP contribution in [0, 0.1) is 6.92 Å². The van der Waals surface area contributed by atoms with Crippen LogP contribution >= 0.6 is 39.1 Å². The number of hydrogen-bond donors (Lipinski definition) is 2. The average Bonchev–Trinajstić information content (AvgIpc) is 2.87. The Kier molecular flexibility index (Phi) is 8.72. The number of carbonyl (C=O) groups is 2. The molecule has 3 aromatic carbocycles. The van der Waals surface area contributed by atoms with Gasteiger partial charge in [0, 0.05) is 35.1 Å². The fraction of sp³-hybridized carbons (Fsp3) is 0.259. The quantitative estimate of drug-likeness (QED) is 0.311. The fourth-order valence-corrected chi connectivity index (χ4v) is 5.80. The maximum absolute atomic E-state index is 12.9. The van der Waals surface area contributed by atoms with Gasteiger partial charge in [0.25, 0.3) is 5.91 Å². The van der Waals surface area contributed by atoms with Gasteiger partial charge in [-0.1, -0.05) is 51.3 Å². The van der Waals surface area contributed by atoms with Gasteiger partial charge in [-0.3, -0.25) is 4.79 Å². The molecule has 3 amide bonds. The van der Waals surface area contributed by atoms with E-state index in [9.17, 15) is 18.0 Å². The molecular formula is C27H26BrCl2N3O4S. The van der Waals surface area contributed by atoms with Crippen LogP contribution in [0.5, 0.6) is 0 Å². The van der Waals surface area contributed by atoms with Gasteiger partial charge in [-0.15, -0.1) is 0 Å². The van der Waals surface area contributed by atoms with E-state index >= 15 is 0 Å². The third-order valence-corrected chi connectivity index (χ3v) is 9.13. The standard InChI is InChI=1S/C27H26BrCl2N3O4S/c1-16-13-19(5-8-22(16)28)17-9-11-33(12-10-17)27(35)31-20-14-23(29)25(24(30)15-20)32-26(34)18-3-6-21(7-4-18)38(2,36)37/h3-8,13-15,17H,9-12H2,1-2H3,(H,31,35)(H,32,34). The molecule has 0 spiro atoms. The van der Waals surface area contributed by atoms with Crippen molar-refractivity contribution in [2.75, 3.05) is 30.0 Å². The molecule has 0 saturated carbocycles. The van der Waals surface area contributed by atoms with Crippen molar-refractivity contribution in [3.63, 3.8) is 0 Å². The lowest BCUT2D eigenvalue weighted by Crippen LogP contribution is -2.40. The highest BCUT2D eigenvalue weighted by molar-refractivity contribution is 9.10. The molecule has 11 heteroatoms. The molecule has 0 bridgehead atoms. The first-order valence-electron chi connectivity index (χ1n) is 11.8. The molecule has 4 rings (SSSR count). The summed E-state index contributed by atoms with van der Waals surface area (Å²) in [6.45, 7) is 3.32. The molecule has 2 N–H and O–H groups in total. The second-order valence-corrected chi connectivity index (χ2v) is 13.0. The van der Waals surface area contributed by atoms with Crippen LogP contribution in [0.15, 0.2) is 64.0 Å². The van der Waals surface area contributed by atoms with Gasteiger partial charge in [0.2, 0.25) is 0 Å². The van der Waals surface area contributed by atoms with E-state index in [2.05, 4.69) is 51.7 Å². The highest BCUT2D eigenvalue weighted by atomic mass is 79.9. The number of amides is 3. The van der Waals surface area contributed by atoms with Gasteiger partial charge in [-0.05, 0) is 79.3 Å². The lowest BCUT2D eigenvalue weighted by molar-refractivity contribution is 0.102. The van der Waals surface area contributed by atoms with E-state index in [1.54, 1.807) is 4.90 Å². The Morgan fingerprint density at radius 2 is 1.55 bits per heavy atom. The van der Waals surface area contributed by atoms with Crippen LogP contribution in [-0.4, -0.2) is 44.6 Å². The Balaban J connectivity index is 1.37. The molecule has 1 fully saturated rings. The van der Waals surface area contributed by atoms with Crippen LogP contribution in [0.2, 0.25) is 10.0 Å². The predicted octanol–water partition coefficient (Wildman–Crippen LogP) is 7.13. The van der Waals surface area contributed by atoms with Crippen LogP contribution in [0.4, 0.5) is 16.2 Å². The Hall–Kier alpha value is -2.59. The number of anilines is 2. The summed E-state index contributed by atoms with van der Waals surface area (Å²) in [4.78, 5) is 27.4. The minimum absolute atomic E-state index is 0.109. The lowest BCUT2D eigenvalue weighted by atomic mass is 9.89. The number of rotatable bonds is 5. The van der Waals surface area contributed by atoms with Crippen molar-refractivity contribution < 1.29 is 18.0 Å². The highest BCUT2D eigenvalue weighted by Gasteiger charge is 2.25. The van der Waals surface area contributed by atoms with Crippen molar-refractivity contribution in [2.24, 2.45) is 0 Å². The van der Waals surface area contributed by atoms with Gasteiger partial charge >= 0.3 is 6.03 Å².